The minimum atomic E-state index is -0.624. The first-order valence-electron chi connectivity index (χ1n) is 7.54. The third kappa shape index (κ3) is 7.50. The SMILES string of the molecule is CCCNC(C)(CC(C)SCC(C)CO)C(=O)OCC. The third-order valence-corrected chi connectivity index (χ3v) is 4.66. The summed E-state index contributed by atoms with van der Waals surface area (Å²) >= 11 is 1.80. The molecule has 120 valence electrons. The van der Waals surface area contributed by atoms with Gasteiger partial charge in [-0.1, -0.05) is 20.8 Å². The first kappa shape index (κ1) is 19.7. The number of ether oxygens (including phenoxy) is 1. The summed E-state index contributed by atoms with van der Waals surface area (Å²) in [6.07, 6.45) is 1.71. The molecule has 2 N–H and O–H groups in total. The molecule has 0 spiro atoms. The summed E-state index contributed by atoms with van der Waals surface area (Å²) in [6, 6.07) is 0. The molecule has 0 aliphatic carbocycles. The maximum atomic E-state index is 12.2. The van der Waals surface area contributed by atoms with Gasteiger partial charge >= 0.3 is 5.97 Å². The molecular weight excluding hydrogens is 274 g/mol. The zero-order chi connectivity index (χ0) is 15.6. The lowest BCUT2D eigenvalue weighted by atomic mass is 9.96. The van der Waals surface area contributed by atoms with Crippen LogP contribution in [0.3, 0.4) is 0 Å². The van der Waals surface area contributed by atoms with Crippen LogP contribution in [0.15, 0.2) is 0 Å². The van der Waals surface area contributed by atoms with Gasteiger partial charge in [-0.3, -0.25) is 4.79 Å². The molecule has 0 saturated heterocycles. The fourth-order valence-corrected chi connectivity index (χ4v) is 3.15. The third-order valence-electron chi connectivity index (χ3n) is 3.16. The second-order valence-electron chi connectivity index (χ2n) is 5.62. The van der Waals surface area contributed by atoms with Crippen LogP contribution in [0.4, 0.5) is 0 Å². The van der Waals surface area contributed by atoms with E-state index in [4.69, 9.17) is 9.84 Å². The van der Waals surface area contributed by atoms with Crippen LogP contribution < -0.4 is 5.32 Å². The molecule has 4 nitrogen and oxygen atoms in total. The Morgan fingerprint density at radius 2 is 2.05 bits per heavy atom. The van der Waals surface area contributed by atoms with Gasteiger partial charge in [-0.15, -0.1) is 0 Å². The molecule has 3 unspecified atom stereocenters. The average molecular weight is 305 g/mol. The number of hydrogen-bond donors (Lipinski definition) is 2. The van der Waals surface area contributed by atoms with Crippen molar-refractivity contribution in [3.05, 3.63) is 0 Å². The van der Waals surface area contributed by atoms with Crippen molar-refractivity contribution in [1.82, 2.24) is 5.32 Å². The molecule has 20 heavy (non-hydrogen) atoms. The predicted octanol–water partition coefficient (Wildman–Crippen LogP) is 2.45. The maximum absolute atomic E-state index is 12.2. The van der Waals surface area contributed by atoms with Gasteiger partial charge in [0.05, 0.1) is 6.61 Å². The van der Waals surface area contributed by atoms with Crippen LogP contribution in [-0.4, -0.2) is 47.4 Å². The number of thioether (sulfide) groups is 1. The molecule has 0 aliphatic heterocycles. The molecule has 0 aromatic heterocycles. The Morgan fingerprint density at radius 1 is 1.40 bits per heavy atom. The highest BCUT2D eigenvalue weighted by Gasteiger charge is 2.35. The highest BCUT2D eigenvalue weighted by Crippen LogP contribution is 2.24. The van der Waals surface area contributed by atoms with Gasteiger partial charge in [-0.05, 0) is 44.9 Å². The molecule has 0 amide bonds. The highest BCUT2D eigenvalue weighted by molar-refractivity contribution is 7.99. The second-order valence-corrected chi connectivity index (χ2v) is 7.09. The van der Waals surface area contributed by atoms with Gasteiger partial charge in [0.25, 0.3) is 0 Å². The van der Waals surface area contributed by atoms with Crippen molar-refractivity contribution in [2.75, 3.05) is 25.5 Å². The summed E-state index contributed by atoms with van der Waals surface area (Å²) in [5.41, 5.74) is -0.624. The van der Waals surface area contributed by atoms with E-state index in [0.717, 1.165) is 25.1 Å². The zero-order valence-corrected chi connectivity index (χ0v) is 14.4. The Balaban J connectivity index is 4.50. The van der Waals surface area contributed by atoms with Crippen molar-refractivity contribution >= 4 is 17.7 Å². The van der Waals surface area contributed by atoms with E-state index in [1.165, 1.54) is 0 Å². The van der Waals surface area contributed by atoms with E-state index in [-0.39, 0.29) is 12.6 Å². The molecule has 0 bridgehead atoms. The molecule has 3 atom stereocenters. The summed E-state index contributed by atoms with van der Waals surface area (Å²) < 4.78 is 5.20. The number of aliphatic hydroxyl groups is 1. The van der Waals surface area contributed by atoms with Crippen molar-refractivity contribution < 1.29 is 14.6 Å². The molecule has 0 fully saturated rings. The Labute approximate surface area is 128 Å². The number of carbonyl (C=O) groups is 1. The van der Waals surface area contributed by atoms with Crippen LogP contribution in [0.25, 0.3) is 0 Å². The van der Waals surface area contributed by atoms with Crippen LogP contribution in [-0.2, 0) is 9.53 Å². The molecule has 0 saturated carbocycles. The minimum Gasteiger partial charge on any atom is -0.465 e. The van der Waals surface area contributed by atoms with E-state index in [9.17, 15) is 4.79 Å². The average Bonchev–Trinajstić information content (AvgIpc) is 2.42. The van der Waals surface area contributed by atoms with Crippen LogP contribution >= 0.6 is 11.8 Å². The molecule has 0 aliphatic rings. The van der Waals surface area contributed by atoms with E-state index in [2.05, 4.69) is 19.2 Å². The van der Waals surface area contributed by atoms with Crippen molar-refractivity contribution in [1.29, 1.82) is 0 Å². The Kier molecular flexibility index (Phi) is 10.3. The zero-order valence-electron chi connectivity index (χ0n) is 13.6. The number of carbonyl (C=O) groups excluding carboxylic acids is 1. The van der Waals surface area contributed by atoms with E-state index in [0.29, 0.717) is 17.8 Å². The molecule has 0 aromatic carbocycles. The molecule has 0 heterocycles. The van der Waals surface area contributed by atoms with Crippen LogP contribution in [0.5, 0.6) is 0 Å². The summed E-state index contributed by atoms with van der Waals surface area (Å²) in [7, 11) is 0. The first-order chi connectivity index (χ1) is 9.39. The predicted molar refractivity (Wildman–Crippen MR) is 86.1 cm³/mol. The Hall–Kier alpha value is -0.260. The number of aliphatic hydroxyl groups excluding tert-OH is 1. The van der Waals surface area contributed by atoms with Gasteiger partial charge in [0, 0.05) is 11.9 Å². The monoisotopic (exact) mass is 305 g/mol. The van der Waals surface area contributed by atoms with E-state index >= 15 is 0 Å². The Morgan fingerprint density at radius 3 is 2.55 bits per heavy atom. The normalized spacial score (nSPS) is 17.3. The highest BCUT2D eigenvalue weighted by atomic mass is 32.2. The van der Waals surface area contributed by atoms with Gasteiger partial charge < -0.3 is 15.2 Å². The summed E-state index contributed by atoms with van der Waals surface area (Å²) in [4.78, 5) is 12.2. The van der Waals surface area contributed by atoms with Gasteiger partial charge in [-0.2, -0.15) is 11.8 Å². The molecular formula is C15H31NO3S. The van der Waals surface area contributed by atoms with Gasteiger partial charge in [0.15, 0.2) is 0 Å². The molecule has 0 radical (unpaired) electrons. The van der Waals surface area contributed by atoms with E-state index < -0.39 is 5.54 Å². The lowest BCUT2D eigenvalue weighted by molar-refractivity contribution is -0.150. The second kappa shape index (κ2) is 10.5. The fraction of sp³-hybridized carbons (Fsp3) is 0.933. The summed E-state index contributed by atoms with van der Waals surface area (Å²) in [6.45, 7) is 11.4. The van der Waals surface area contributed by atoms with Crippen molar-refractivity contribution in [2.45, 2.75) is 58.2 Å². The number of rotatable bonds is 11. The minimum absolute atomic E-state index is 0.170. The summed E-state index contributed by atoms with van der Waals surface area (Å²) in [5, 5.41) is 12.7. The topological polar surface area (TPSA) is 58.6 Å². The van der Waals surface area contributed by atoms with Crippen LogP contribution in [0.1, 0.15) is 47.5 Å². The fourth-order valence-electron chi connectivity index (χ4n) is 1.93. The number of hydrogen-bond acceptors (Lipinski definition) is 5. The number of esters is 1. The summed E-state index contributed by atoms with van der Waals surface area (Å²) in [5.74, 6) is 1.03. The maximum Gasteiger partial charge on any atom is 0.326 e. The van der Waals surface area contributed by atoms with Gasteiger partial charge in [0.1, 0.15) is 5.54 Å². The van der Waals surface area contributed by atoms with Crippen LogP contribution in [0.2, 0.25) is 0 Å². The largest absolute Gasteiger partial charge is 0.465 e. The Bertz CT molecular complexity index is 276. The van der Waals surface area contributed by atoms with E-state index in [1.54, 1.807) is 11.8 Å². The lowest BCUT2D eigenvalue weighted by Crippen LogP contribution is -2.52. The van der Waals surface area contributed by atoms with Crippen molar-refractivity contribution in [3.8, 4) is 0 Å². The van der Waals surface area contributed by atoms with Gasteiger partial charge in [0.2, 0.25) is 0 Å². The van der Waals surface area contributed by atoms with E-state index in [1.807, 2.05) is 20.8 Å². The quantitative estimate of drug-likeness (QED) is 0.574. The number of nitrogens with one attached hydrogen (secondary N) is 1. The molecule has 0 rings (SSSR count). The van der Waals surface area contributed by atoms with Crippen LogP contribution in [0, 0.1) is 5.92 Å². The molecule has 0 aromatic rings. The lowest BCUT2D eigenvalue weighted by Gasteiger charge is -2.31. The molecule has 5 heteroatoms. The van der Waals surface area contributed by atoms with Crippen molar-refractivity contribution in [2.24, 2.45) is 5.92 Å². The first-order valence-corrected chi connectivity index (χ1v) is 8.59. The van der Waals surface area contributed by atoms with Gasteiger partial charge in [-0.25, -0.2) is 0 Å². The smallest absolute Gasteiger partial charge is 0.326 e. The standard InChI is InChI=1S/C15H31NO3S/c1-6-8-16-15(5,14(18)19-7-2)9-13(4)20-11-12(3)10-17/h12-13,16-17H,6-11H2,1-5H3. The van der Waals surface area contributed by atoms with Crippen molar-refractivity contribution in [3.63, 3.8) is 0 Å².